The van der Waals surface area contributed by atoms with Crippen molar-refractivity contribution in [3.8, 4) is 0 Å². The highest BCUT2D eigenvalue weighted by Gasteiger charge is 2.14. The number of likely N-dealkylation sites (N-methyl/N-ethyl adjacent to an activating group) is 2. The van der Waals surface area contributed by atoms with Crippen LogP contribution in [0.3, 0.4) is 0 Å². The van der Waals surface area contributed by atoms with Crippen LogP contribution in [0.4, 0.5) is 5.82 Å². The Hall–Kier alpha value is -1.56. The maximum Gasteiger partial charge on any atom is 0.233 e. The fourth-order valence-corrected chi connectivity index (χ4v) is 1.85. The number of carbonyl (C=O) groups is 1. The maximum atomic E-state index is 11.3. The lowest BCUT2D eigenvalue weighted by molar-refractivity contribution is -0.121. The average Bonchev–Trinajstić information content (AvgIpc) is 2.53. The molecule has 0 saturated carbocycles. The van der Waals surface area contributed by atoms with Gasteiger partial charge < -0.3 is 10.6 Å². The molecule has 1 amide bonds. The van der Waals surface area contributed by atoms with Crippen molar-refractivity contribution in [3.05, 3.63) is 11.3 Å². The molecule has 6 heteroatoms. The Morgan fingerprint density at radius 2 is 2.12 bits per heavy atom. The normalized spacial score (nSPS) is 10.7. The molecule has 2 N–H and O–H groups in total. The summed E-state index contributed by atoms with van der Waals surface area (Å²) in [4.78, 5) is 13.2. The molecule has 0 radical (unpaired) electrons. The SMILES string of the molecule is CNC(=O)CN(C)Cc1c(C)nn(C)c1NC. The van der Waals surface area contributed by atoms with Crippen molar-refractivity contribution < 1.29 is 4.79 Å². The minimum atomic E-state index is 0.0139. The van der Waals surface area contributed by atoms with Gasteiger partial charge in [-0.3, -0.25) is 14.4 Å². The highest BCUT2D eigenvalue weighted by molar-refractivity contribution is 5.77. The predicted octanol–water partition coefficient (Wildman–Crippen LogP) is -0.0520. The Labute approximate surface area is 102 Å². The summed E-state index contributed by atoms with van der Waals surface area (Å²) in [5.41, 5.74) is 2.11. The third kappa shape index (κ3) is 3.20. The molecule has 0 atom stereocenters. The van der Waals surface area contributed by atoms with Crippen LogP contribution in [0.5, 0.6) is 0 Å². The van der Waals surface area contributed by atoms with Crippen LogP contribution in [0.2, 0.25) is 0 Å². The van der Waals surface area contributed by atoms with Crippen molar-refractivity contribution in [2.45, 2.75) is 13.5 Å². The first-order valence-electron chi connectivity index (χ1n) is 5.59. The van der Waals surface area contributed by atoms with E-state index in [2.05, 4.69) is 15.7 Å². The maximum absolute atomic E-state index is 11.3. The lowest BCUT2D eigenvalue weighted by atomic mass is 10.2. The second-order valence-corrected chi connectivity index (χ2v) is 4.13. The number of nitrogens with zero attached hydrogens (tertiary/aromatic N) is 3. The average molecular weight is 239 g/mol. The summed E-state index contributed by atoms with van der Waals surface area (Å²) in [6.07, 6.45) is 0. The van der Waals surface area contributed by atoms with Crippen LogP contribution in [0.1, 0.15) is 11.3 Å². The third-order valence-electron chi connectivity index (χ3n) is 2.70. The van der Waals surface area contributed by atoms with Gasteiger partial charge in [0.05, 0.1) is 12.2 Å². The van der Waals surface area contributed by atoms with E-state index in [9.17, 15) is 4.79 Å². The molecule has 0 spiro atoms. The molecule has 0 aliphatic heterocycles. The molecule has 6 nitrogen and oxygen atoms in total. The third-order valence-corrected chi connectivity index (χ3v) is 2.70. The van der Waals surface area contributed by atoms with Crippen molar-refractivity contribution in [2.75, 3.05) is 33.0 Å². The minimum Gasteiger partial charge on any atom is -0.373 e. The van der Waals surface area contributed by atoms with E-state index in [1.165, 1.54) is 0 Å². The van der Waals surface area contributed by atoms with Gasteiger partial charge in [0.15, 0.2) is 0 Å². The van der Waals surface area contributed by atoms with Gasteiger partial charge in [0.1, 0.15) is 5.82 Å². The van der Waals surface area contributed by atoms with E-state index < -0.39 is 0 Å². The number of aromatic nitrogens is 2. The number of hydrogen-bond donors (Lipinski definition) is 2. The number of anilines is 1. The zero-order valence-electron chi connectivity index (χ0n) is 11.2. The molecule has 0 saturated heterocycles. The zero-order valence-corrected chi connectivity index (χ0v) is 11.2. The zero-order chi connectivity index (χ0) is 13.0. The Bertz CT molecular complexity index is 399. The molecule has 0 bridgehead atoms. The van der Waals surface area contributed by atoms with E-state index in [1.807, 2.05) is 37.6 Å². The Balaban J connectivity index is 2.77. The van der Waals surface area contributed by atoms with Crippen molar-refractivity contribution >= 4 is 11.7 Å². The first kappa shape index (κ1) is 13.5. The quantitative estimate of drug-likeness (QED) is 0.756. The first-order valence-corrected chi connectivity index (χ1v) is 5.59. The minimum absolute atomic E-state index is 0.0139. The second kappa shape index (κ2) is 5.67. The summed E-state index contributed by atoms with van der Waals surface area (Å²) < 4.78 is 1.82. The lowest BCUT2D eigenvalue weighted by Crippen LogP contribution is -2.32. The molecule has 1 heterocycles. The summed E-state index contributed by atoms with van der Waals surface area (Å²) in [7, 11) is 7.34. The van der Waals surface area contributed by atoms with Crippen LogP contribution >= 0.6 is 0 Å². The largest absolute Gasteiger partial charge is 0.373 e. The topological polar surface area (TPSA) is 62.2 Å². The molecule has 0 aliphatic rings. The molecule has 1 aromatic heterocycles. The van der Waals surface area contributed by atoms with Gasteiger partial charge in [-0.2, -0.15) is 5.10 Å². The molecule has 0 aliphatic carbocycles. The standard InChI is InChI=1S/C11H21N5O/c1-8-9(11(13-3)16(5)14-8)6-15(4)7-10(17)12-2/h13H,6-7H2,1-5H3,(H,12,17). The van der Waals surface area contributed by atoms with E-state index in [0.29, 0.717) is 13.1 Å². The Morgan fingerprint density at radius 3 is 2.65 bits per heavy atom. The monoisotopic (exact) mass is 239 g/mol. The highest BCUT2D eigenvalue weighted by atomic mass is 16.1. The van der Waals surface area contributed by atoms with Crippen LogP contribution in [0.25, 0.3) is 0 Å². The number of hydrogen-bond acceptors (Lipinski definition) is 4. The number of amides is 1. The van der Waals surface area contributed by atoms with Gasteiger partial charge in [-0.15, -0.1) is 0 Å². The van der Waals surface area contributed by atoms with E-state index in [4.69, 9.17) is 0 Å². The van der Waals surface area contributed by atoms with Crippen LogP contribution in [0, 0.1) is 6.92 Å². The number of carbonyl (C=O) groups excluding carboxylic acids is 1. The summed E-state index contributed by atoms with van der Waals surface area (Å²) in [5, 5.41) is 10.1. The van der Waals surface area contributed by atoms with Crippen LogP contribution in [-0.4, -0.2) is 48.3 Å². The number of aryl methyl sites for hydroxylation is 2. The van der Waals surface area contributed by atoms with Gasteiger partial charge in [0.25, 0.3) is 0 Å². The highest BCUT2D eigenvalue weighted by Crippen LogP contribution is 2.19. The Morgan fingerprint density at radius 1 is 1.47 bits per heavy atom. The van der Waals surface area contributed by atoms with Gasteiger partial charge in [-0.25, -0.2) is 0 Å². The molecule has 1 rings (SSSR count). The van der Waals surface area contributed by atoms with E-state index in [1.54, 1.807) is 7.05 Å². The van der Waals surface area contributed by atoms with Crippen LogP contribution < -0.4 is 10.6 Å². The van der Waals surface area contributed by atoms with Crippen molar-refractivity contribution in [2.24, 2.45) is 7.05 Å². The van der Waals surface area contributed by atoms with Crippen molar-refractivity contribution in [1.29, 1.82) is 0 Å². The van der Waals surface area contributed by atoms with Crippen LogP contribution in [0.15, 0.2) is 0 Å². The number of rotatable bonds is 5. The van der Waals surface area contributed by atoms with Gasteiger partial charge >= 0.3 is 0 Å². The summed E-state index contributed by atoms with van der Waals surface area (Å²) >= 11 is 0. The molecule has 96 valence electrons. The van der Waals surface area contributed by atoms with Gasteiger partial charge in [0.2, 0.25) is 5.91 Å². The first-order chi connectivity index (χ1) is 7.99. The van der Waals surface area contributed by atoms with Gasteiger partial charge in [0, 0.05) is 33.3 Å². The molecule has 17 heavy (non-hydrogen) atoms. The number of nitrogens with one attached hydrogen (secondary N) is 2. The van der Waals surface area contributed by atoms with Crippen molar-refractivity contribution in [1.82, 2.24) is 20.0 Å². The van der Waals surface area contributed by atoms with Gasteiger partial charge in [-0.05, 0) is 14.0 Å². The van der Waals surface area contributed by atoms with E-state index >= 15 is 0 Å². The summed E-state index contributed by atoms with van der Waals surface area (Å²) in [6.45, 7) is 3.06. The van der Waals surface area contributed by atoms with Gasteiger partial charge in [-0.1, -0.05) is 0 Å². The molecule has 0 aromatic carbocycles. The summed E-state index contributed by atoms with van der Waals surface area (Å²) in [5.74, 6) is 1.01. The molecular formula is C11H21N5O. The fourth-order valence-electron chi connectivity index (χ4n) is 1.85. The molecule has 0 unspecified atom stereocenters. The second-order valence-electron chi connectivity index (χ2n) is 4.13. The predicted molar refractivity (Wildman–Crippen MR) is 67.9 cm³/mol. The van der Waals surface area contributed by atoms with E-state index in [-0.39, 0.29) is 5.91 Å². The van der Waals surface area contributed by atoms with Crippen molar-refractivity contribution in [3.63, 3.8) is 0 Å². The molecule has 0 fully saturated rings. The lowest BCUT2D eigenvalue weighted by Gasteiger charge is -2.16. The molecular weight excluding hydrogens is 218 g/mol. The van der Waals surface area contributed by atoms with Crippen LogP contribution in [-0.2, 0) is 18.4 Å². The van der Waals surface area contributed by atoms with E-state index in [0.717, 1.165) is 17.1 Å². The summed E-state index contributed by atoms with van der Waals surface area (Å²) in [6, 6.07) is 0. The smallest absolute Gasteiger partial charge is 0.233 e. The molecule has 1 aromatic rings. The Kier molecular flexibility index (Phi) is 4.51. The fraction of sp³-hybridized carbons (Fsp3) is 0.636.